The molecule has 3 rings (SSSR count). The number of hydrogen-bond acceptors (Lipinski definition) is 8. The van der Waals surface area contributed by atoms with Gasteiger partial charge in [0, 0.05) is 10.9 Å². The number of carbonyl (C=O) groups is 2. The number of amides is 1. The molecule has 1 aromatic carbocycles. The van der Waals surface area contributed by atoms with Crippen LogP contribution in [-0.4, -0.2) is 28.6 Å². The fourth-order valence-electron chi connectivity index (χ4n) is 1.87. The first-order chi connectivity index (χ1) is 12.1. The predicted octanol–water partition coefficient (Wildman–Crippen LogP) is 2.02. The van der Waals surface area contributed by atoms with E-state index in [1.54, 1.807) is 12.1 Å². The Morgan fingerprint density at radius 2 is 2.00 bits per heavy atom. The molecule has 0 unspecified atom stereocenters. The van der Waals surface area contributed by atoms with Crippen molar-refractivity contribution < 1.29 is 23.6 Å². The average Bonchev–Trinajstić information content (AvgIpc) is 3.29. The Morgan fingerprint density at radius 3 is 2.68 bits per heavy atom. The highest BCUT2D eigenvalue weighted by Gasteiger charge is 2.13. The summed E-state index contributed by atoms with van der Waals surface area (Å²) in [5.41, 5.74) is 6.16. The van der Waals surface area contributed by atoms with Gasteiger partial charge in [-0.25, -0.2) is 4.79 Å². The van der Waals surface area contributed by atoms with E-state index in [2.05, 4.69) is 10.1 Å². The molecule has 0 fully saturated rings. The first kappa shape index (κ1) is 16.7. The Morgan fingerprint density at radius 1 is 1.20 bits per heavy atom. The van der Waals surface area contributed by atoms with E-state index >= 15 is 0 Å². The molecule has 0 aliphatic heterocycles. The lowest BCUT2D eigenvalue weighted by atomic mass is 10.2. The van der Waals surface area contributed by atoms with Crippen LogP contribution in [0.5, 0.6) is 5.75 Å². The first-order valence-electron chi connectivity index (χ1n) is 7.15. The minimum Gasteiger partial charge on any atom is -0.484 e. The van der Waals surface area contributed by atoms with Crippen molar-refractivity contribution in [2.75, 3.05) is 6.61 Å². The largest absolute Gasteiger partial charge is 0.484 e. The van der Waals surface area contributed by atoms with E-state index < -0.39 is 11.9 Å². The molecule has 0 aliphatic carbocycles. The summed E-state index contributed by atoms with van der Waals surface area (Å²) in [6, 6.07) is 7.99. The van der Waals surface area contributed by atoms with Crippen LogP contribution in [0.4, 0.5) is 0 Å². The molecule has 9 heteroatoms. The van der Waals surface area contributed by atoms with Crippen LogP contribution in [0.3, 0.4) is 0 Å². The Balaban J connectivity index is 1.54. The van der Waals surface area contributed by atoms with Gasteiger partial charge in [-0.2, -0.15) is 16.3 Å². The zero-order valence-corrected chi connectivity index (χ0v) is 13.7. The normalized spacial score (nSPS) is 10.4. The summed E-state index contributed by atoms with van der Waals surface area (Å²) in [5.74, 6) is -0.0477. The standard InChI is InChI=1S/C16H13N3O5S/c17-13(20)7-22-12-3-1-10(2-4-12)16(21)23-8-14-18-15(19-24-14)11-5-6-25-9-11/h1-6,9H,7-8H2,(H2,17,20). The monoisotopic (exact) mass is 359 g/mol. The fraction of sp³-hybridized carbons (Fsp3) is 0.125. The number of nitrogens with two attached hydrogens (primary N) is 1. The van der Waals surface area contributed by atoms with Crippen LogP contribution >= 0.6 is 11.3 Å². The van der Waals surface area contributed by atoms with Crippen LogP contribution in [0, 0.1) is 0 Å². The van der Waals surface area contributed by atoms with Gasteiger partial charge in [0.15, 0.2) is 13.2 Å². The number of esters is 1. The fourth-order valence-corrected chi connectivity index (χ4v) is 2.51. The Bertz CT molecular complexity index is 858. The van der Waals surface area contributed by atoms with E-state index in [1.807, 2.05) is 16.8 Å². The van der Waals surface area contributed by atoms with E-state index in [9.17, 15) is 9.59 Å². The molecule has 0 bridgehead atoms. The summed E-state index contributed by atoms with van der Waals surface area (Å²) < 4.78 is 15.3. The van der Waals surface area contributed by atoms with Crippen molar-refractivity contribution in [2.24, 2.45) is 5.73 Å². The molecular weight excluding hydrogens is 346 g/mol. The van der Waals surface area contributed by atoms with Crippen LogP contribution in [-0.2, 0) is 16.1 Å². The summed E-state index contributed by atoms with van der Waals surface area (Å²) in [7, 11) is 0. The quantitative estimate of drug-likeness (QED) is 0.641. The third-order valence-corrected chi connectivity index (χ3v) is 3.73. The van der Waals surface area contributed by atoms with Crippen LogP contribution in [0.15, 0.2) is 45.6 Å². The number of benzene rings is 1. The lowest BCUT2D eigenvalue weighted by Crippen LogP contribution is -2.20. The molecule has 0 saturated carbocycles. The Kier molecular flexibility index (Phi) is 5.05. The van der Waals surface area contributed by atoms with Crippen LogP contribution in [0.2, 0.25) is 0 Å². The second kappa shape index (κ2) is 7.58. The second-order valence-electron chi connectivity index (χ2n) is 4.88. The van der Waals surface area contributed by atoms with Gasteiger partial charge in [-0.05, 0) is 35.7 Å². The van der Waals surface area contributed by atoms with Gasteiger partial charge in [-0.1, -0.05) is 5.16 Å². The smallest absolute Gasteiger partial charge is 0.338 e. The van der Waals surface area contributed by atoms with Crippen molar-refractivity contribution >= 4 is 23.2 Å². The third-order valence-electron chi connectivity index (χ3n) is 3.05. The summed E-state index contributed by atoms with van der Waals surface area (Å²) in [5, 5.41) is 7.63. The van der Waals surface area contributed by atoms with Crippen LogP contribution in [0.25, 0.3) is 11.4 Å². The van der Waals surface area contributed by atoms with Gasteiger partial charge in [0.1, 0.15) is 5.75 Å². The summed E-state index contributed by atoms with van der Waals surface area (Å²) in [6.07, 6.45) is 0. The highest BCUT2D eigenvalue weighted by molar-refractivity contribution is 7.08. The number of ether oxygens (including phenoxy) is 2. The maximum atomic E-state index is 12.0. The van der Waals surface area contributed by atoms with Crippen molar-refractivity contribution in [3.63, 3.8) is 0 Å². The van der Waals surface area contributed by atoms with Crippen molar-refractivity contribution in [3.05, 3.63) is 52.5 Å². The van der Waals surface area contributed by atoms with E-state index in [4.69, 9.17) is 19.7 Å². The minimum absolute atomic E-state index is 0.129. The van der Waals surface area contributed by atoms with Gasteiger partial charge in [0.05, 0.1) is 5.56 Å². The summed E-state index contributed by atoms with van der Waals surface area (Å²) >= 11 is 1.52. The molecule has 8 nitrogen and oxygen atoms in total. The molecule has 0 atom stereocenters. The second-order valence-corrected chi connectivity index (χ2v) is 5.66. The first-order valence-corrected chi connectivity index (χ1v) is 8.09. The molecule has 2 heterocycles. The topological polar surface area (TPSA) is 118 Å². The number of thiophene rings is 1. The molecule has 0 radical (unpaired) electrons. The third kappa shape index (κ3) is 4.42. The summed E-state index contributed by atoms with van der Waals surface area (Å²) in [6.45, 7) is -0.358. The molecule has 1 amide bonds. The maximum Gasteiger partial charge on any atom is 0.338 e. The molecule has 2 aromatic heterocycles. The zero-order valence-electron chi connectivity index (χ0n) is 12.9. The molecule has 2 N–H and O–H groups in total. The predicted molar refractivity (Wildman–Crippen MR) is 87.9 cm³/mol. The van der Waals surface area contributed by atoms with Crippen LogP contribution in [0.1, 0.15) is 16.2 Å². The number of nitrogens with zero attached hydrogens (tertiary/aromatic N) is 2. The van der Waals surface area contributed by atoms with Gasteiger partial charge >= 0.3 is 5.97 Å². The van der Waals surface area contributed by atoms with Gasteiger partial charge in [-0.3, -0.25) is 4.79 Å². The number of primary amides is 1. The summed E-state index contributed by atoms with van der Waals surface area (Å²) in [4.78, 5) is 26.8. The van der Waals surface area contributed by atoms with Gasteiger partial charge in [0.25, 0.3) is 11.8 Å². The van der Waals surface area contributed by atoms with Crippen molar-refractivity contribution in [3.8, 4) is 17.1 Å². The average molecular weight is 359 g/mol. The van der Waals surface area contributed by atoms with Crippen LogP contribution < -0.4 is 10.5 Å². The van der Waals surface area contributed by atoms with E-state index in [-0.39, 0.29) is 19.1 Å². The van der Waals surface area contributed by atoms with Gasteiger partial charge in [-0.15, -0.1) is 0 Å². The maximum absolute atomic E-state index is 12.0. The lowest BCUT2D eigenvalue weighted by Gasteiger charge is -2.05. The van der Waals surface area contributed by atoms with Gasteiger partial charge in [0.2, 0.25) is 5.82 Å². The molecular formula is C16H13N3O5S. The zero-order chi connectivity index (χ0) is 17.6. The number of hydrogen-bond donors (Lipinski definition) is 1. The Hall–Kier alpha value is -3.20. The van der Waals surface area contributed by atoms with E-state index in [1.165, 1.54) is 23.5 Å². The molecule has 0 spiro atoms. The molecule has 128 valence electrons. The number of rotatable bonds is 7. The minimum atomic E-state index is -0.579. The van der Waals surface area contributed by atoms with Gasteiger partial charge < -0.3 is 19.7 Å². The molecule has 3 aromatic rings. The van der Waals surface area contributed by atoms with Crippen molar-refractivity contribution in [1.29, 1.82) is 0 Å². The highest BCUT2D eigenvalue weighted by Crippen LogP contribution is 2.19. The number of aromatic nitrogens is 2. The highest BCUT2D eigenvalue weighted by atomic mass is 32.1. The van der Waals surface area contributed by atoms with E-state index in [0.29, 0.717) is 17.1 Å². The molecule has 25 heavy (non-hydrogen) atoms. The van der Waals surface area contributed by atoms with Crippen molar-refractivity contribution in [1.82, 2.24) is 10.1 Å². The molecule has 0 aliphatic rings. The Labute approximate surface area is 146 Å². The lowest BCUT2D eigenvalue weighted by molar-refractivity contribution is -0.119. The number of carbonyl (C=O) groups excluding carboxylic acids is 2. The SMILES string of the molecule is NC(=O)COc1ccc(C(=O)OCc2nc(-c3ccsc3)no2)cc1. The van der Waals surface area contributed by atoms with E-state index in [0.717, 1.165) is 5.56 Å². The van der Waals surface area contributed by atoms with Crippen molar-refractivity contribution in [2.45, 2.75) is 6.61 Å². The molecule has 0 saturated heterocycles.